The normalized spacial score (nSPS) is 27.6. The molecule has 0 saturated carbocycles. The summed E-state index contributed by atoms with van der Waals surface area (Å²) in [7, 11) is 0. The number of carbonyl (C=O) groups excluding carboxylic acids is 2. The lowest BCUT2D eigenvalue weighted by Gasteiger charge is -2.45. The summed E-state index contributed by atoms with van der Waals surface area (Å²) < 4.78 is 40.4. The van der Waals surface area contributed by atoms with Crippen LogP contribution in [0, 0.1) is 5.92 Å². The first kappa shape index (κ1) is 20.4. The maximum absolute atomic E-state index is 13.1. The number of hydrogen-bond donors (Lipinski definition) is 1. The van der Waals surface area contributed by atoms with E-state index in [1.54, 1.807) is 6.08 Å². The number of alkyl halides is 4. The molecule has 0 saturated heterocycles. The molecule has 3 atom stereocenters. The average Bonchev–Trinajstić information content (AvgIpc) is 2.60. The first-order valence-electron chi connectivity index (χ1n) is 8.36. The predicted molar refractivity (Wildman–Crippen MR) is 99.3 cm³/mol. The molecule has 0 amide bonds. The Morgan fingerprint density at radius 1 is 1.36 bits per heavy atom. The van der Waals surface area contributed by atoms with Crippen LogP contribution in [-0.2, 0) is 9.59 Å². The molecule has 1 aromatic rings. The van der Waals surface area contributed by atoms with Crippen molar-refractivity contribution in [1.29, 1.82) is 0 Å². The van der Waals surface area contributed by atoms with Crippen LogP contribution in [0.15, 0.2) is 54.2 Å². The largest absolute Gasteiger partial charge is 0.573 e. The number of halogens is 4. The number of allylic oxidation sites excluding steroid dienone is 5. The fraction of sp³-hybridized carbons (Fsp3) is 0.300. The van der Waals surface area contributed by atoms with Gasteiger partial charge in [-0.25, -0.2) is 0 Å². The summed E-state index contributed by atoms with van der Waals surface area (Å²) in [5.74, 6) is -3.18. The van der Waals surface area contributed by atoms with Crippen LogP contribution >= 0.6 is 15.9 Å². The van der Waals surface area contributed by atoms with E-state index in [1.165, 1.54) is 19.1 Å². The van der Waals surface area contributed by atoms with Crippen LogP contribution in [0.5, 0.6) is 11.5 Å². The number of fused-ring (bicyclic) bond motifs is 1. The van der Waals surface area contributed by atoms with Crippen molar-refractivity contribution >= 4 is 27.5 Å². The van der Waals surface area contributed by atoms with Gasteiger partial charge in [-0.15, -0.1) is 13.2 Å². The second kappa shape index (κ2) is 6.92. The Bertz CT molecular complexity index is 932. The number of aromatic hydroxyl groups is 1. The van der Waals surface area contributed by atoms with Crippen molar-refractivity contribution in [1.82, 2.24) is 0 Å². The molecule has 1 N–H and O–H groups in total. The average molecular weight is 457 g/mol. The van der Waals surface area contributed by atoms with Gasteiger partial charge in [-0.05, 0) is 48.8 Å². The monoisotopic (exact) mass is 456 g/mol. The lowest BCUT2D eigenvalue weighted by molar-refractivity contribution is -0.274. The number of ketones is 2. The van der Waals surface area contributed by atoms with E-state index in [4.69, 9.17) is 0 Å². The van der Waals surface area contributed by atoms with Crippen molar-refractivity contribution in [2.24, 2.45) is 5.92 Å². The number of rotatable bonds is 3. The third-order valence-electron chi connectivity index (χ3n) is 5.04. The molecule has 8 heteroatoms. The topological polar surface area (TPSA) is 63.6 Å². The van der Waals surface area contributed by atoms with Gasteiger partial charge in [-0.1, -0.05) is 34.7 Å². The Kier molecular flexibility index (Phi) is 5.04. The van der Waals surface area contributed by atoms with Crippen molar-refractivity contribution in [2.75, 3.05) is 0 Å². The number of hydrogen-bond acceptors (Lipinski definition) is 4. The van der Waals surface area contributed by atoms with Crippen LogP contribution in [0.3, 0.4) is 0 Å². The molecule has 3 rings (SSSR count). The Balaban J connectivity index is 2.21. The maximum Gasteiger partial charge on any atom is 0.573 e. The molecule has 2 aliphatic carbocycles. The van der Waals surface area contributed by atoms with Gasteiger partial charge in [-0.3, -0.25) is 9.59 Å². The zero-order valence-corrected chi connectivity index (χ0v) is 16.3. The van der Waals surface area contributed by atoms with Gasteiger partial charge in [0.25, 0.3) is 0 Å². The third-order valence-corrected chi connectivity index (χ3v) is 6.41. The van der Waals surface area contributed by atoms with Crippen LogP contribution in [0.25, 0.3) is 0 Å². The Labute approximate surface area is 167 Å². The molecule has 148 valence electrons. The van der Waals surface area contributed by atoms with Gasteiger partial charge in [0.15, 0.2) is 11.6 Å². The number of benzene rings is 1. The van der Waals surface area contributed by atoms with Crippen molar-refractivity contribution in [3.63, 3.8) is 0 Å². The summed E-state index contributed by atoms with van der Waals surface area (Å²) in [5, 5.41) is 10.4. The van der Waals surface area contributed by atoms with E-state index in [9.17, 15) is 27.9 Å². The van der Waals surface area contributed by atoms with E-state index in [-0.39, 0.29) is 34.9 Å². The van der Waals surface area contributed by atoms with Gasteiger partial charge >= 0.3 is 6.36 Å². The number of ether oxygens (including phenoxy) is 1. The molecule has 0 spiro atoms. The minimum absolute atomic E-state index is 0.0327. The van der Waals surface area contributed by atoms with Crippen molar-refractivity contribution in [3.8, 4) is 11.5 Å². The highest BCUT2D eigenvalue weighted by Gasteiger charge is 2.57. The highest BCUT2D eigenvalue weighted by Crippen LogP contribution is 2.55. The van der Waals surface area contributed by atoms with E-state index < -0.39 is 28.3 Å². The maximum atomic E-state index is 13.1. The summed E-state index contributed by atoms with van der Waals surface area (Å²) in [6, 6.07) is 3.07. The molecule has 1 aromatic carbocycles. The minimum Gasteiger partial charge on any atom is -0.508 e. The number of carbonyl (C=O) groups is 2. The van der Waals surface area contributed by atoms with E-state index in [0.717, 1.165) is 18.2 Å². The second-order valence-electron chi connectivity index (χ2n) is 6.72. The molecule has 0 aliphatic heterocycles. The summed E-state index contributed by atoms with van der Waals surface area (Å²) in [5.41, 5.74) is 0.782. The van der Waals surface area contributed by atoms with Gasteiger partial charge in [0.05, 0.1) is 0 Å². The molecular formula is C20H16BrF3O4. The van der Waals surface area contributed by atoms with E-state index in [2.05, 4.69) is 27.2 Å². The van der Waals surface area contributed by atoms with Gasteiger partial charge in [0.2, 0.25) is 0 Å². The van der Waals surface area contributed by atoms with Gasteiger partial charge < -0.3 is 9.84 Å². The molecule has 0 unspecified atom stereocenters. The molecule has 0 fully saturated rings. The Hall–Kier alpha value is -2.35. The molecular weight excluding hydrogens is 441 g/mol. The fourth-order valence-corrected chi connectivity index (χ4v) is 5.09. The van der Waals surface area contributed by atoms with Crippen LogP contribution < -0.4 is 4.74 Å². The van der Waals surface area contributed by atoms with Crippen LogP contribution in [0.2, 0.25) is 0 Å². The lowest BCUT2D eigenvalue weighted by atomic mass is 9.62. The third kappa shape index (κ3) is 3.30. The number of Topliss-reactive ketones (excluding diaryl/α,β-unsaturated/α-hetero) is 1. The first-order valence-corrected chi connectivity index (χ1v) is 9.15. The van der Waals surface area contributed by atoms with Gasteiger partial charge in [0, 0.05) is 17.4 Å². The minimum atomic E-state index is -4.91. The van der Waals surface area contributed by atoms with Crippen molar-refractivity contribution < 1.29 is 32.6 Å². The number of phenolic OH excluding ortho intramolecular Hbond substituents is 1. The van der Waals surface area contributed by atoms with Crippen LogP contribution in [-0.4, -0.2) is 27.4 Å². The highest BCUT2D eigenvalue weighted by molar-refractivity contribution is 9.10. The van der Waals surface area contributed by atoms with Crippen molar-refractivity contribution in [2.45, 2.75) is 29.9 Å². The molecule has 28 heavy (non-hydrogen) atoms. The smallest absolute Gasteiger partial charge is 0.508 e. The molecule has 4 nitrogen and oxygen atoms in total. The first-order chi connectivity index (χ1) is 13.0. The predicted octanol–water partition coefficient (Wildman–Crippen LogP) is 4.74. The number of phenols is 1. The van der Waals surface area contributed by atoms with Gasteiger partial charge in [0.1, 0.15) is 15.8 Å². The highest BCUT2D eigenvalue weighted by atomic mass is 79.9. The van der Waals surface area contributed by atoms with E-state index >= 15 is 0 Å². The molecule has 0 aromatic heterocycles. The molecule has 2 aliphatic rings. The van der Waals surface area contributed by atoms with E-state index in [1.807, 2.05) is 0 Å². The summed E-state index contributed by atoms with van der Waals surface area (Å²) in [4.78, 5) is 25.6. The van der Waals surface area contributed by atoms with Crippen molar-refractivity contribution in [3.05, 3.63) is 59.7 Å². The van der Waals surface area contributed by atoms with Crippen LogP contribution in [0.4, 0.5) is 13.2 Å². The van der Waals surface area contributed by atoms with E-state index in [0.29, 0.717) is 5.57 Å². The van der Waals surface area contributed by atoms with Gasteiger partial charge in [-0.2, -0.15) is 0 Å². The molecule has 0 bridgehead atoms. The zero-order chi connectivity index (χ0) is 20.9. The molecule has 0 radical (unpaired) electrons. The fourth-order valence-electron chi connectivity index (χ4n) is 3.85. The quantitative estimate of drug-likeness (QED) is 0.667. The SMILES string of the molecule is C=CC1=CC[C@H]2C(=O)C=C(C)C(=O)[C@@]2(Br)[C@H]1c1cc(OC(F)(F)F)ccc1O. The second-order valence-corrected chi connectivity index (χ2v) is 8.04. The standard InChI is InChI=1S/C20H16BrF3O4/c1-3-11-4-6-14-16(26)8-10(2)18(27)19(14,21)17(11)13-9-12(5-7-15(13)25)28-20(22,23)24/h3-5,7-9,14,17,25H,1,6H2,2H3/t14-,17+,19-/m0/s1. The summed E-state index contributed by atoms with van der Waals surface area (Å²) in [6.07, 6.45) is -0.205. The Morgan fingerprint density at radius 3 is 2.64 bits per heavy atom. The lowest BCUT2D eigenvalue weighted by Crippen LogP contribution is -2.53. The Morgan fingerprint density at radius 2 is 2.04 bits per heavy atom. The van der Waals surface area contributed by atoms with Crippen LogP contribution in [0.1, 0.15) is 24.8 Å². The summed E-state index contributed by atoms with van der Waals surface area (Å²) in [6.45, 7) is 5.22. The zero-order valence-electron chi connectivity index (χ0n) is 14.7. The summed E-state index contributed by atoms with van der Waals surface area (Å²) >= 11 is 3.45. The molecule has 0 heterocycles.